The van der Waals surface area contributed by atoms with Crippen molar-refractivity contribution in [1.29, 1.82) is 0 Å². The van der Waals surface area contributed by atoms with Gasteiger partial charge in [0.1, 0.15) is 5.71 Å². The van der Waals surface area contributed by atoms with Crippen molar-refractivity contribution in [1.82, 2.24) is 0 Å². The topological polar surface area (TPSA) is 24.4 Å². The van der Waals surface area contributed by atoms with Crippen LogP contribution >= 0.6 is 24.0 Å². The molecule has 96 valence electrons. The van der Waals surface area contributed by atoms with E-state index in [1.54, 1.807) is 0 Å². The predicted octanol–water partition coefficient (Wildman–Crippen LogP) is 4.19. The Hall–Kier alpha value is -1.65. The van der Waals surface area contributed by atoms with E-state index in [9.17, 15) is 0 Å². The van der Waals surface area contributed by atoms with Crippen molar-refractivity contribution < 1.29 is 0 Å². The molecular formula is C15H14N2S2. The maximum Gasteiger partial charge on any atom is 0.115 e. The van der Waals surface area contributed by atoms with E-state index in [2.05, 4.69) is 10.5 Å². The molecule has 4 heteroatoms. The van der Waals surface area contributed by atoms with Gasteiger partial charge in [-0.1, -0.05) is 60.7 Å². The summed E-state index contributed by atoms with van der Waals surface area (Å²) in [6.07, 6.45) is 1.96. The van der Waals surface area contributed by atoms with Crippen molar-refractivity contribution >= 4 is 39.6 Å². The largest absolute Gasteiger partial charge is 0.278 e. The average Bonchev–Trinajstić information content (AvgIpc) is 2.49. The lowest BCUT2D eigenvalue weighted by Crippen LogP contribution is -2.12. The molecule has 0 aromatic heterocycles. The van der Waals surface area contributed by atoms with Crippen LogP contribution in [0.3, 0.4) is 0 Å². The van der Waals surface area contributed by atoms with Gasteiger partial charge in [-0.15, -0.1) is 11.8 Å². The highest BCUT2D eigenvalue weighted by atomic mass is 32.2. The molecule has 2 rings (SSSR count). The molecule has 2 aromatic rings. The maximum atomic E-state index is 5.37. The van der Waals surface area contributed by atoms with Crippen LogP contribution in [-0.4, -0.2) is 16.2 Å². The van der Waals surface area contributed by atoms with Gasteiger partial charge >= 0.3 is 0 Å². The Morgan fingerprint density at radius 1 is 1.00 bits per heavy atom. The maximum absolute atomic E-state index is 5.37. The summed E-state index contributed by atoms with van der Waals surface area (Å²) in [5.74, 6) is 0. The highest BCUT2D eigenvalue weighted by molar-refractivity contribution is 8.24. The molecule has 0 aliphatic carbocycles. The number of thioether (sulfide) groups is 1. The van der Waals surface area contributed by atoms with E-state index in [-0.39, 0.29) is 0 Å². The summed E-state index contributed by atoms with van der Waals surface area (Å²) in [5.41, 5.74) is 5.81. The zero-order valence-electron chi connectivity index (χ0n) is 10.5. The Bertz CT molecular complexity index is 565. The molecule has 0 aliphatic rings. The van der Waals surface area contributed by atoms with Crippen LogP contribution in [0, 0.1) is 0 Å². The van der Waals surface area contributed by atoms with Gasteiger partial charge in [0.15, 0.2) is 0 Å². The minimum absolute atomic E-state index is 0.773. The molecule has 19 heavy (non-hydrogen) atoms. The van der Waals surface area contributed by atoms with Gasteiger partial charge < -0.3 is 0 Å². The van der Waals surface area contributed by atoms with E-state index in [4.69, 9.17) is 12.2 Å². The molecule has 0 saturated heterocycles. The Labute approximate surface area is 122 Å². The van der Waals surface area contributed by atoms with E-state index in [1.165, 1.54) is 11.8 Å². The van der Waals surface area contributed by atoms with Crippen molar-refractivity contribution in [2.24, 2.45) is 5.10 Å². The number of anilines is 1. The summed E-state index contributed by atoms with van der Waals surface area (Å²) < 4.78 is 0.773. The first-order valence-electron chi connectivity index (χ1n) is 5.84. The van der Waals surface area contributed by atoms with Gasteiger partial charge in [-0.2, -0.15) is 5.10 Å². The van der Waals surface area contributed by atoms with Gasteiger partial charge in [0.2, 0.25) is 0 Å². The highest BCUT2D eigenvalue weighted by Crippen LogP contribution is 2.12. The summed E-state index contributed by atoms with van der Waals surface area (Å²) in [6.45, 7) is 0. The summed E-state index contributed by atoms with van der Waals surface area (Å²) in [6, 6.07) is 19.8. The molecule has 0 radical (unpaired) electrons. The third kappa shape index (κ3) is 3.91. The molecular weight excluding hydrogens is 272 g/mol. The first-order valence-corrected chi connectivity index (χ1v) is 7.47. The molecule has 0 heterocycles. The van der Waals surface area contributed by atoms with Crippen LogP contribution in [-0.2, 0) is 0 Å². The minimum atomic E-state index is 0.773. The zero-order valence-corrected chi connectivity index (χ0v) is 12.2. The number of hydrogen-bond donors (Lipinski definition) is 1. The number of benzene rings is 2. The Kier molecular flexibility index (Phi) is 5.12. The number of thiocarbonyl (C=S) groups is 1. The summed E-state index contributed by atoms with van der Waals surface area (Å²) in [5, 5.41) is 4.44. The van der Waals surface area contributed by atoms with Crippen LogP contribution in [0.4, 0.5) is 5.69 Å². The number of hydrogen-bond acceptors (Lipinski definition) is 4. The normalized spacial score (nSPS) is 11.1. The predicted molar refractivity (Wildman–Crippen MR) is 89.2 cm³/mol. The van der Waals surface area contributed by atoms with Crippen LogP contribution in [0.2, 0.25) is 0 Å². The summed E-state index contributed by atoms with van der Waals surface area (Å²) in [7, 11) is 0. The van der Waals surface area contributed by atoms with Crippen LogP contribution in [0.15, 0.2) is 65.8 Å². The number of hydrazone groups is 1. The second-order valence-electron chi connectivity index (χ2n) is 3.80. The quantitative estimate of drug-likeness (QED) is 0.518. The molecule has 2 aromatic carbocycles. The van der Waals surface area contributed by atoms with Gasteiger partial charge in [-0.25, -0.2) is 0 Å². The van der Waals surface area contributed by atoms with Crippen molar-refractivity contribution in [3.8, 4) is 0 Å². The fourth-order valence-corrected chi connectivity index (χ4v) is 2.07. The number of para-hydroxylation sites is 1. The van der Waals surface area contributed by atoms with Crippen molar-refractivity contribution in [3.05, 3.63) is 66.2 Å². The number of nitrogens with one attached hydrogen (secondary N) is 1. The molecule has 0 aliphatic heterocycles. The standard InChI is InChI=1S/C15H14N2S2/c1-19-15(18)14(12-8-4-2-5-9-12)17-16-13-10-6-3-7-11-13/h2-11,16H,1H3/b17-14-. The number of nitrogens with zero attached hydrogens (tertiary/aromatic N) is 1. The Morgan fingerprint density at radius 2 is 1.58 bits per heavy atom. The minimum Gasteiger partial charge on any atom is -0.278 e. The van der Waals surface area contributed by atoms with Crippen LogP contribution in [0.25, 0.3) is 0 Å². The molecule has 0 atom stereocenters. The van der Waals surface area contributed by atoms with E-state index in [0.29, 0.717) is 0 Å². The fourth-order valence-electron chi connectivity index (χ4n) is 1.55. The van der Waals surface area contributed by atoms with E-state index in [0.717, 1.165) is 21.2 Å². The smallest absolute Gasteiger partial charge is 0.115 e. The molecule has 1 N–H and O–H groups in total. The first kappa shape index (κ1) is 13.8. The first-order chi connectivity index (χ1) is 9.31. The molecule has 0 saturated carbocycles. The number of rotatable bonds is 4. The van der Waals surface area contributed by atoms with Crippen LogP contribution in [0.5, 0.6) is 0 Å². The SMILES string of the molecule is CSC(=S)/C(=N\Nc1ccccc1)c1ccccc1. The lowest BCUT2D eigenvalue weighted by atomic mass is 10.1. The van der Waals surface area contributed by atoms with Crippen LogP contribution in [0.1, 0.15) is 5.56 Å². The van der Waals surface area contributed by atoms with E-state index in [1.807, 2.05) is 66.9 Å². The zero-order chi connectivity index (χ0) is 13.5. The van der Waals surface area contributed by atoms with Gasteiger partial charge in [0.05, 0.1) is 9.88 Å². The Morgan fingerprint density at radius 3 is 2.16 bits per heavy atom. The second-order valence-corrected chi connectivity index (χ2v) is 5.28. The second kappa shape index (κ2) is 7.07. The molecule has 0 spiro atoms. The molecule has 0 bridgehead atoms. The van der Waals surface area contributed by atoms with Crippen molar-refractivity contribution in [3.63, 3.8) is 0 Å². The van der Waals surface area contributed by atoms with Gasteiger partial charge in [0, 0.05) is 5.56 Å². The van der Waals surface area contributed by atoms with Gasteiger partial charge in [0.25, 0.3) is 0 Å². The van der Waals surface area contributed by atoms with Gasteiger partial charge in [-0.05, 0) is 18.4 Å². The molecule has 0 fully saturated rings. The summed E-state index contributed by atoms with van der Waals surface area (Å²) >= 11 is 6.89. The van der Waals surface area contributed by atoms with Crippen molar-refractivity contribution in [2.45, 2.75) is 0 Å². The van der Waals surface area contributed by atoms with Gasteiger partial charge in [-0.3, -0.25) is 5.43 Å². The fraction of sp³-hybridized carbons (Fsp3) is 0.0667. The van der Waals surface area contributed by atoms with Crippen LogP contribution < -0.4 is 5.43 Å². The highest BCUT2D eigenvalue weighted by Gasteiger charge is 2.08. The van der Waals surface area contributed by atoms with E-state index < -0.39 is 0 Å². The monoisotopic (exact) mass is 286 g/mol. The Balaban J connectivity index is 2.26. The average molecular weight is 286 g/mol. The molecule has 2 nitrogen and oxygen atoms in total. The molecule has 0 unspecified atom stereocenters. The van der Waals surface area contributed by atoms with Crippen molar-refractivity contribution in [2.75, 3.05) is 11.7 Å². The summed E-state index contributed by atoms with van der Waals surface area (Å²) in [4.78, 5) is 0. The lowest BCUT2D eigenvalue weighted by Gasteiger charge is -2.07. The third-order valence-corrected chi connectivity index (χ3v) is 3.75. The lowest BCUT2D eigenvalue weighted by molar-refractivity contribution is 1.34. The van der Waals surface area contributed by atoms with E-state index >= 15 is 0 Å². The third-order valence-electron chi connectivity index (χ3n) is 2.50. The molecule has 0 amide bonds.